The predicted octanol–water partition coefficient (Wildman–Crippen LogP) is 2.22. The molecule has 7 heteroatoms. The molecule has 22 heavy (non-hydrogen) atoms. The fourth-order valence-electron chi connectivity index (χ4n) is 3.10. The van der Waals surface area contributed by atoms with Crippen LogP contribution in [0.2, 0.25) is 0 Å². The summed E-state index contributed by atoms with van der Waals surface area (Å²) in [6.07, 6.45) is 4.65. The number of carbonyl (C=O) groups excluding carboxylic acids is 1. The summed E-state index contributed by atoms with van der Waals surface area (Å²) in [6, 6.07) is -0.117. The van der Waals surface area contributed by atoms with Crippen molar-refractivity contribution >= 4 is 6.03 Å². The summed E-state index contributed by atoms with van der Waals surface area (Å²) in [7, 11) is 0. The Balaban J connectivity index is 1.67. The molecule has 3 rings (SSSR count). The Hall–Kier alpha value is -1.63. The highest BCUT2D eigenvalue weighted by atomic mass is 16.5. The van der Waals surface area contributed by atoms with Gasteiger partial charge in [0.15, 0.2) is 5.82 Å². The first-order valence-electron chi connectivity index (χ1n) is 8.25. The van der Waals surface area contributed by atoms with Gasteiger partial charge in [0.2, 0.25) is 5.89 Å². The van der Waals surface area contributed by atoms with Crippen LogP contribution in [0.1, 0.15) is 62.7 Å². The molecule has 2 amide bonds. The van der Waals surface area contributed by atoms with Gasteiger partial charge in [0.05, 0.1) is 0 Å². The first-order valence-corrected chi connectivity index (χ1v) is 8.25. The van der Waals surface area contributed by atoms with Crippen molar-refractivity contribution in [2.45, 2.75) is 51.0 Å². The topological polar surface area (TPSA) is 80.5 Å². The minimum Gasteiger partial charge on any atom is -0.381 e. The zero-order valence-electron chi connectivity index (χ0n) is 13.1. The Kier molecular flexibility index (Phi) is 4.92. The van der Waals surface area contributed by atoms with Gasteiger partial charge >= 0.3 is 6.03 Å². The number of hydrogen-bond donors (Lipinski definition) is 1. The molecule has 1 N–H and O–H groups in total. The molecule has 2 saturated heterocycles. The number of nitrogens with zero attached hydrogens (tertiary/aromatic N) is 3. The van der Waals surface area contributed by atoms with Gasteiger partial charge in [0.1, 0.15) is 6.04 Å². The molecule has 2 fully saturated rings. The van der Waals surface area contributed by atoms with Gasteiger partial charge in [0.25, 0.3) is 0 Å². The van der Waals surface area contributed by atoms with Crippen LogP contribution >= 0.6 is 0 Å². The average Bonchev–Trinajstić information content (AvgIpc) is 3.22. The van der Waals surface area contributed by atoms with Gasteiger partial charge in [-0.3, -0.25) is 0 Å². The highest BCUT2D eigenvalue weighted by Gasteiger charge is 2.34. The lowest BCUT2D eigenvalue weighted by Crippen LogP contribution is -2.39. The van der Waals surface area contributed by atoms with E-state index in [9.17, 15) is 4.79 Å². The number of nitrogens with one attached hydrogen (secondary N) is 1. The van der Waals surface area contributed by atoms with Gasteiger partial charge < -0.3 is 19.5 Å². The summed E-state index contributed by atoms with van der Waals surface area (Å²) in [6.45, 7) is 4.99. The van der Waals surface area contributed by atoms with Crippen molar-refractivity contribution in [1.82, 2.24) is 20.4 Å². The van der Waals surface area contributed by atoms with Gasteiger partial charge in [-0.15, -0.1) is 0 Å². The Morgan fingerprint density at radius 3 is 2.95 bits per heavy atom. The van der Waals surface area contributed by atoms with Crippen LogP contribution in [-0.2, 0) is 4.74 Å². The van der Waals surface area contributed by atoms with Gasteiger partial charge in [-0.25, -0.2) is 4.79 Å². The lowest BCUT2D eigenvalue weighted by molar-refractivity contribution is 0.0830. The minimum atomic E-state index is -0.0852. The monoisotopic (exact) mass is 308 g/mol. The van der Waals surface area contributed by atoms with E-state index >= 15 is 0 Å². The molecule has 0 aromatic carbocycles. The van der Waals surface area contributed by atoms with Gasteiger partial charge in [-0.05, 0) is 32.1 Å². The van der Waals surface area contributed by atoms with Gasteiger partial charge in [0, 0.05) is 32.2 Å². The van der Waals surface area contributed by atoms with Crippen LogP contribution in [-0.4, -0.2) is 47.4 Å². The third-order valence-corrected chi connectivity index (χ3v) is 4.37. The second-order valence-electron chi connectivity index (χ2n) is 5.96. The number of rotatable bonds is 4. The van der Waals surface area contributed by atoms with Crippen molar-refractivity contribution in [3.63, 3.8) is 0 Å². The fraction of sp³-hybridized carbons (Fsp3) is 0.800. The van der Waals surface area contributed by atoms with Crippen LogP contribution in [0.4, 0.5) is 4.79 Å². The zero-order valence-corrected chi connectivity index (χ0v) is 13.1. The van der Waals surface area contributed by atoms with Crippen LogP contribution in [0, 0.1) is 0 Å². The largest absolute Gasteiger partial charge is 0.381 e. The molecule has 1 atom stereocenters. The first-order chi connectivity index (χ1) is 10.8. The molecule has 0 saturated carbocycles. The van der Waals surface area contributed by atoms with Crippen LogP contribution in [0.3, 0.4) is 0 Å². The molecule has 1 aromatic heterocycles. The van der Waals surface area contributed by atoms with Gasteiger partial charge in [-0.2, -0.15) is 4.98 Å². The lowest BCUT2D eigenvalue weighted by Gasteiger charge is -2.22. The van der Waals surface area contributed by atoms with Crippen LogP contribution in [0.25, 0.3) is 0 Å². The van der Waals surface area contributed by atoms with Crippen molar-refractivity contribution in [2.24, 2.45) is 0 Å². The van der Waals surface area contributed by atoms with Crippen molar-refractivity contribution in [3.05, 3.63) is 11.7 Å². The SMILES string of the molecule is CCCNC(=O)N1CCCC1c1nc(C2CCOCC2)no1. The molecule has 0 radical (unpaired) electrons. The molecule has 7 nitrogen and oxygen atoms in total. The number of hydrogen-bond acceptors (Lipinski definition) is 5. The highest BCUT2D eigenvalue weighted by Crippen LogP contribution is 2.32. The van der Waals surface area contributed by atoms with E-state index in [1.807, 2.05) is 11.8 Å². The summed E-state index contributed by atoms with van der Waals surface area (Å²) in [5.74, 6) is 1.65. The average molecular weight is 308 g/mol. The second kappa shape index (κ2) is 7.09. The van der Waals surface area contributed by atoms with E-state index in [4.69, 9.17) is 9.26 Å². The Morgan fingerprint density at radius 2 is 2.18 bits per heavy atom. The molecule has 1 unspecified atom stereocenters. The van der Waals surface area contributed by atoms with E-state index in [2.05, 4.69) is 15.5 Å². The molecule has 0 aliphatic carbocycles. The molecule has 0 spiro atoms. The summed E-state index contributed by atoms with van der Waals surface area (Å²) in [5.41, 5.74) is 0. The summed E-state index contributed by atoms with van der Waals surface area (Å²) >= 11 is 0. The van der Waals surface area contributed by atoms with Crippen LogP contribution in [0.15, 0.2) is 4.52 Å². The van der Waals surface area contributed by atoms with Gasteiger partial charge in [-0.1, -0.05) is 12.1 Å². The summed E-state index contributed by atoms with van der Waals surface area (Å²) < 4.78 is 10.8. The standard InChI is InChI=1S/C15H24N4O3/c1-2-7-16-15(20)19-8-3-4-12(19)14-17-13(18-22-14)11-5-9-21-10-6-11/h11-12H,2-10H2,1H3,(H,16,20). The molecule has 2 aliphatic heterocycles. The van der Waals surface area contributed by atoms with Crippen LogP contribution < -0.4 is 5.32 Å². The maximum atomic E-state index is 12.2. The van der Waals surface area contributed by atoms with Crippen molar-refractivity contribution in [3.8, 4) is 0 Å². The number of amides is 2. The van der Waals surface area contributed by atoms with Crippen LogP contribution in [0.5, 0.6) is 0 Å². The van der Waals surface area contributed by atoms with E-state index < -0.39 is 0 Å². The second-order valence-corrected chi connectivity index (χ2v) is 5.96. The smallest absolute Gasteiger partial charge is 0.318 e. The summed E-state index contributed by atoms with van der Waals surface area (Å²) in [5, 5.41) is 7.07. The number of carbonyl (C=O) groups is 1. The van der Waals surface area contributed by atoms with Crippen molar-refractivity contribution in [1.29, 1.82) is 0 Å². The maximum absolute atomic E-state index is 12.2. The predicted molar refractivity (Wildman–Crippen MR) is 79.5 cm³/mol. The summed E-state index contributed by atoms with van der Waals surface area (Å²) in [4.78, 5) is 18.6. The Bertz CT molecular complexity index is 499. The highest BCUT2D eigenvalue weighted by molar-refractivity contribution is 5.74. The molecule has 1 aromatic rings. The maximum Gasteiger partial charge on any atom is 0.318 e. The third kappa shape index (κ3) is 3.24. The minimum absolute atomic E-state index is 0.0323. The van der Waals surface area contributed by atoms with E-state index in [1.165, 1.54) is 0 Å². The number of ether oxygens (including phenoxy) is 1. The number of likely N-dealkylation sites (tertiary alicyclic amines) is 1. The molecule has 2 aliphatic rings. The van der Waals surface area contributed by atoms with Crippen molar-refractivity contribution < 1.29 is 14.1 Å². The van der Waals surface area contributed by atoms with E-state index in [0.717, 1.165) is 57.7 Å². The van der Waals surface area contributed by atoms with E-state index in [1.54, 1.807) is 0 Å². The zero-order chi connectivity index (χ0) is 15.4. The fourth-order valence-corrected chi connectivity index (χ4v) is 3.10. The Morgan fingerprint density at radius 1 is 1.36 bits per heavy atom. The molecular formula is C15H24N4O3. The molecule has 0 bridgehead atoms. The van der Waals surface area contributed by atoms with E-state index in [0.29, 0.717) is 18.4 Å². The lowest BCUT2D eigenvalue weighted by atomic mass is 10.00. The third-order valence-electron chi connectivity index (χ3n) is 4.37. The van der Waals surface area contributed by atoms with E-state index in [-0.39, 0.29) is 12.1 Å². The molecule has 122 valence electrons. The Labute approximate surface area is 130 Å². The number of urea groups is 1. The first kappa shape index (κ1) is 15.3. The van der Waals surface area contributed by atoms with Crippen molar-refractivity contribution in [2.75, 3.05) is 26.3 Å². The number of aromatic nitrogens is 2. The quantitative estimate of drug-likeness (QED) is 0.922. The molecule has 3 heterocycles. The molecular weight excluding hydrogens is 284 g/mol. The normalized spacial score (nSPS) is 23.0.